The molecule has 1 aliphatic rings. The van der Waals surface area contributed by atoms with Crippen LogP contribution in [0.3, 0.4) is 0 Å². The first-order chi connectivity index (χ1) is 9.66. The number of halogens is 1. The second-order valence-corrected chi connectivity index (χ2v) is 6.39. The third-order valence-corrected chi connectivity index (χ3v) is 4.67. The monoisotopic (exact) mass is 338 g/mol. The Hall–Kier alpha value is -0.870. The van der Waals surface area contributed by atoms with Crippen LogP contribution in [0.2, 0.25) is 0 Å². The molecule has 0 bridgehead atoms. The highest BCUT2D eigenvalue weighted by molar-refractivity contribution is 9.10. The topological polar surface area (TPSA) is 41.1 Å². The van der Waals surface area contributed by atoms with Crippen molar-refractivity contribution in [1.29, 1.82) is 0 Å². The average Bonchev–Trinajstić information content (AvgIpc) is 2.47. The van der Waals surface area contributed by atoms with Crippen molar-refractivity contribution in [1.82, 2.24) is 10.6 Å². The maximum atomic E-state index is 12.1. The number of hydrogen-bond donors (Lipinski definition) is 2. The largest absolute Gasteiger partial charge is 0.352 e. The van der Waals surface area contributed by atoms with Gasteiger partial charge >= 0.3 is 0 Å². The van der Waals surface area contributed by atoms with Crippen LogP contribution in [-0.2, 0) is 11.3 Å². The van der Waals surface area contributed by atoms with Gasteiger partial charge in [-0.05, 0) is 31.4 Å². The third kappa shape index (κ3) is 4.60. The summed E-state index contributed by atoms with van der Waals surface area (Å²) in [6.07, 6.45) is 6.04. The average molecular weight is 339 g/mol. The van der Waals surface area contributed by atoms with Crippen LogP contribution in [0.1, 0.15) is 44.6 Å². The molecule has 1 atom stereocenters. The van der Waals surface area contributed by atoms with Gasteiger partial charge in [0.1, 0.15) is 0 Å². The first-order valence-electron chi connectivity index (χ1n) is 7.44. The summed E-state index contributed by atoms with van der Waals surface area (Å²) in [5.41, 5.74) is 1.17. The van der Waals surface area contributed by atoms with Crippen molar-refractivity contribution >= 4 is 21.8 Å². The molecule has 2 N–H and O–H groups in total. The van der Waals surface area contributed by atoms with Crippen molar-refractivity contribution in [2.45, 2.75) is 57.7 Å². The van der Waals surface area contributed by atoms with Crippen LogP contribution >= 0.6 is 15.9 Å². The van der Waals surface area contributed by atoms with E-state index in [0.29, 0.717) is 12.6 Å². The Bertz CT molecular complexity index is 444. The van der Waals surface area contributed by atoms with E-state index in [4.69, 9.17) is 0 Å². The first kappa shape index (κ1) is 15.5. The Morgan fingerprint density at radius 3 is 2.70 bits per heavy atom. The molecule has 0 heterocycles. The Morgan fingerprint density at radius 1 is 1.30 bits per heavy atom. The molecule has 1 aromatic carbocycles. The van der Waals surface area contributed by atoms with Gasteiger partial charge < -0.3 is 10.6 Å². The smallest absolute Gasteiger partial charge is 0.237 e. The third-order valence-electron chi connectivity index (χ3n) is 3.90. The number of hydrogen-bond acceptors (Lipinski definition) is 2. The summed E-state index contributed by atoms with van der Waals surface area (Å²) in [6.45, 7) is 2.62. The lowest BCUT2D eigenvalue weighted by Crippen LogP contribution is -2.46. The minimum absolute atomic E-state index is 0.115. The molecule has 20 heavy (non-hydrogen) atoms. The van der Waals surface area contributed by atoms with Crippen LogP contribution in [0.5, 0.6) is 0 Å². The normalized spacial score (nSPS) is 17.7. The molecule has 2 rings (SSSR count). The fourth-order valence-electron chi connectivity index (χ4n) is 2.57. The fourth-order valence-corrected chi connectivity index (χ4v) is 3.00. The summed E-state index contributed by atoms with van der Waals surface area (Å²) in [6, 6.07) is 8.29. The molecule has 1 fully saturated rings. The number of amides is 1. The van der Waals surface area contributed by atoms with Gasteiger partial charge in [-0.3, -0.25) is 4.79 Å². The molecule has 110 valence electrons. The molecule has 0 aromatic heterocycles. The molecule has 0 spiro atoms. The van der Waals surface area contributed by atoms with Gasteiger partial charge in [-0.1, -0.05) is 53.4 Å². The van der Waals surface area contributed by atoms with Crippen LogP contribution in [-0.4, -0.2) is 18.0 Å². The van der Waals surface area contributed by atoms with E-state index in [2.05, 4.69) is 32.6 Å². The Kier molecular flexibility index (Phi) is 6.05. The van der Waals surface area contributed by atoms with Gasteiger partial charge in [-0.25, -0.2) is 0 Å². The van der Waals surface area contributed by atoms with E-state index in [9.17, 15) is 4.79 Å². The molecule has 0 saturated heterocycles. The molecular formula is C16H23BrN2O. The maximum absolute atomic E-state index is 12.1. The van der Waals surface area contributed by atoms with E-state index < -0.39 is 0 Å². The number of benzene rings is 1. The molecule has 1 aromatic rings. The molecule has 0 aliphatic heterocycles. The van der Waals surface area contributed by atoms with Gasteiger partial charge in [0.05, 0.1) is 6.04 Å². The zero-order valence-electron chi connectivity index (χ0n) is 12.0. The van der Waals surface area contributed by atoms with Crippen LogP contribution in [0.4, 0.5) is 0 Å². The minimum atomic E-state index is -0.163. The van der Waals surface area contributed by atoms with Crippen LogP contribution in [0.25, 0.3) is 0 Å². The van der Waals surface area contributed by atoms with Crippen molar-refractivity contribution in [3.63, 3.8) is 0 Å². The highest BCUT2D eigenvalue weighted by Crippen LogP contribution is 2.18. The van der Waals surface area contributed by atoms with Crippen LogP contribution < -0.4 is 10.6 Å². The molecule has 3 nitrogen and oxygen atoms in total. The molecule has 1 saturated carbocycles. The van der Waals surface area contributed by atoms with Crippen LogP contribution in [0, 0.1) is 0 Å². The lowest BCUT2D eigenvalue weighted by molar-refractivity contribution is -0.123. The molecular weight excluding hydrogens is 316 g/mol. The Labute approximate surface area is 129 Å². The summed E-state index contributed by atoms with van der Waals surface area (Å²) in [5, 5.41) is 6.44. The van der Waals surface area contributed by atoms with Gasteiger partial charge in [0.15, 0.2) is 0 Å². The van der Waals surface area contributed by atoms with Crippen molar-refractivity contribution in [2.24, 2.45) is 0 Å². The van der Waals surface area contributed by atoms with Gasteiger partial charge in [-0.2, -0.15) is 0 Å². The van der Waals surface area contributed by atoms with Crippen molar-refractivity contribution in [2.75, 3.05) is 0 Å². The fraction of sp³-hybridized carbons (Fsp3) is 0.562. The number of carbonyl (C=O) groups is 1. The lowest BCUT2D eigenvalue weighted by Gasteiger charge is -2.24. The van der Waals surface area contributed by atoms with Crippen molar-refractivity contribution < 1.29 is 4.79 Å². The van der Waals surface area contributed by atoms with E-state index in [1.807, 2.05) is 25.1 Å². The number of nitrogens with one attached hydrogen (secondary N) is 2. The summed E-state index contributed by atoms with van der Waals surface area (Å²) in [5.74, 6) is 0.115. The van der Waals surface area contributed by atoms with Crippen molar-refractivity contribution in [3.05, 3.63) is 34.3 Å². The summed E-state index contributed by atoms with van der Waals surface area (Å²) in [7, 11) is 0. The molecule has 1 amide bonds. The maximum Gasteiger partial charge on any atom is 0.237 e. The number of rotatable bonds is 5. The highest BCUT2D eigenvalue weighted by Gasteiger charge is 2.19. The molecule has 0 radical (unpaired) electrons. The van der Waals surface area contributed by atoms with Gasteiger partial charge in [0, 0.05) is 17.1 Å². The van der Waals surface area contributed by atoms with E-state index in [0.717, 1.165) is 17.3 Å². The predicted octanol–water partition coefficient (Wildman–Crippen LogP) is 3.38. The summed E-state index contributed by atoms with van der Waals surface area (Å²) < 4.78 is 1.08. The Morgan fingerprint density at radius 2 is 2.00 bits per heavy atom. The van der Waals surface area contributed by atoms with E-state index in [1.165, 1.54) is 24.8 Å². The number of carbonyl (C=O) groups excluding carboxylic acids is 1. The predicted molar refractivity (Wildman–Crippen MR) is 85.5 cm³/mol. The minimum Gasteiger partial charge on any atom is -0.352 e. The van der Waals surface area contributed by atoms with Gasteiger partial charge in [-0.15, -0.1) is 0 Å². The molecule has 4 heteroatoms. The zero-order chi connectivity index (χ0) is 14.4. The lowest BCUT2D eigenvalue weighted by atomic mass is 9.95. The molecule has 1 unspecified atom stereocenters. The first-order valence-corrected chi connectivity index (χ1v) is 8.23. The van der Waals surface area contributed by atoms with E-state index in [1.54, 1.807) is 0 Å². The summed E-state index contributed by atoms with van der Waals surface area (Å²) in [4.78, 5) is 12.1. The van der Waals surface area contributed by atoms with Gasteiger partial charge in [0.2, 0.25) is 5.91 Å². The molecule has 1 aliphatic carbocycles. The second kappa shape index (κ2) is 7.79. The summed E-state index contributed by atoms with van der Waals surface area (Å²) >= 11 is 3.52. The second-order valence-electron chi connectivity index (χ2n) is 5.54. The quantitative estimate of drug-likeness (QED) is 0.864. The van der Waals surface area contributed by atoms with Gasteiger partial charge in [0.25, 0.3) is 0 Å². The van der Waals surface area contributed by atoms with Crippen molar-refractivity contribution in [3.8, 4) is 0 Å². The highest BCUT2D eigenvalue weighted by atomic mass is 79.9. The zero-order valence-corrected chi connectivity index (χ0v) is 13.6. The Balaban J connectivity index is 1.77. The SMILES string of the molecule is CC(NCc1ccccc1Br)C(=O)NC1CCCCC1. The van der Waals surface area contributed by atoms with E-state index >= 15 is 0 Å². The standard InChI is InChI=1S/C16H23BrN2O/c1-12(16(20)19-14-8-3-2-4-9-14)18-11-13-7-5-6-10-15(13)17/h5-7,10,12,14,18H,2-4,8-9,11H2,1H3,(H,19,20). The van der Waals surface area contributed by atoms with Crippen LogP contribution in [0.15, 0.2) is 28.7 Å². The van der Waals surface area contributed by atoms with E-state index in [-0.39, 0.29) is 11.9 Å².